The average molecular weight is 411 g/mol. The lowest BCUT2D eigenvalue weighted by molar-refractivity contribution is -0.532. The van der Waals surface area contributed by atoms with Crippen LogP contribution in [0.2, 0.25) is 0 Å². The van der Waals surface area contributed by atoms with Crippen molar-refractivity contribution in [2.45, 2.75) is 44.3 Å². The lowest BCUT2D eigenvalue weighted by atomic mass is 9.78. The number of nitro groups is 1. The molecular weight excluding hydrogens is 386 g/mol. The lowest BCUT2D eigenvalue weighted by Gasteiger charge is -2.25. The number of hydrogen-bond donors (Lipinski definition) is 2. The van der Waals surface area contributed by atoms with E-state index in [2.05, 4.69) is 10.6 Å². The second-order valence-corrected chi connectivity index (χ2v) is 7.57. The third-order valence-electron chi connectivity index (χ3n) is 5.92. The summed E-state index contributed by atoms with van der Waals surface area (Å²) >= 11 is 0. The number of benzene rings is 2. The monoisotopic (exact) mass is 411 g/mol. The lowest BCUT2D eigenvalue weighted by Crippen LogP contribution is -2.54. The summed E-state index contributed by atoms with van der Waals surface area (Å²) < 4.78 is 11.3. The van der Waals surface area contributed by atoms with Crippen LogP contribution in [0.3, 0.4) is 0 Å². The van der Waals surface area contributed by atoms with Crippen molar-refractivity contribution in [3.63, 3.8) is 0 Å². The van der Waals surface area contributed by atoms with Crippen LogP contribution in [0.1, 0.15) is 37.8 Å². The largest absolute Gasteiger partial charge is 0.490 e. The molecule has 2 N–H and O–H groups in total. The van der Waals surface area contributed by atoms with Crippen molar-refractivity contribution < 1.29 is 19.2 Å². The number of anilines is 1. The molecule has 1 fully saturated rings. The van der Waals surface area contributed by atoms with Gasteiger partial charge in [0.2, 0.25) is 0 Å². The van der Waals surface area contributed by atoms with Crippen molar-refractivity contribution in [1.82, 2.24) is 5.32 Å². The van der Waals surface area contributed by atoms with E-state index in [1.54, 1.807) is 36.4 Å². The number of carbonyl (C=O) groups excluding carboxylic acids is 1. The van der Waals surface area contributed by atoms with E-state index in [1.165, 1.54) is 0 Å². The number of fused-ring (bicyclic) bond motifs is 2. The molecule has 1 saturated heterocycles. The molecule has 1 amide bonds. The van der Waals surface area contributed by atoms with Crippen molar-refractivity contribution in [2.24, 2.45) is 0 Å². The maximum Gasteiger partial charge on any atom is 0.256 e. The van der Waals surface area contributed by atoms with Crippen LogP contribution in [-0.4, -0.2) is 36.1 Å². The van der Waals surface area contributed by atoms with Crippen LogP contribution in [0.25, 0.3) is 0 Å². The van der Waals surface area contributed by atoms with E-state index in [4.69, 9.17) is 9.47 Å². The molecule has 2 aromatic rings. The first kappa shape index (κ1) is 20.2. The molecule has 8 nitrogen and oxygen atoms in total. The summed E-state index contributed by atoms with van der Waals surface area (Å²) in [5.74, 6) is 0.212. The fourth-order valence-electron chi connectivity index (χ4n) is 4.83. The fraction of sp³-hybridized carbons (Fsp3) is 0.409. The van der Waals surface area contributed by atoms with Gasteiger partial charge >= 0.3 is 0 Å². The summed E-state index contributed by atoms with van der Waals surface area (Å²) in [7, 11) is 0. The SMILES string of the molecule is CCOc1ccc([C@@H]2[C@H](C)N[C@@]3(C(=O)Nc4ccccc43)[C@H]2[N+](=O)[O-])cc1OCC. The highest BCUT2D eigenvalue weighted by atomic mass is 16.6. The molecule has 30 heavy (non-hydrogen) atoms. The number of rotatable bonds is 6. The van der Waals surface area contributed by atoms with E-state index in [9.17, 15) is 14.9 Å². The number of hydrogen-bond acceptors (Lipinski definition) is 6. The average Bonchev–Trinajstić information content (AvgIpc) is 3.18. The van der Waals surface area contributed by atoms with Crippen LogP contribution in [-0.2, 0) is 10.3 Å². The van der Waals surface area contributed by atoms with E-state index < -0.39 is 23.4 Å². The molecule has 0 bridgehead atoms. The Hall–Kier alpha value is -3.13. The highest BCUT2D eigenvalue weighted by Gasteiger charge is 2.67. The third kappa shape index (κ3) is 2.90. The maximum atomic E-state index is 13.1. The van der Waals surface area contributed by atoms with E-state index >= 15 is 0 Å². The Kier molecular flexibility index (Phi) is 5.11. The molecule has 2 aliphatic rings. The minimum Gasteiger partial charge on any atom is -0.490 e. The molecule has 0 aromatic heterocycles. The van der Waals surface area contributed by atoms with Crippen molar-refractivity contribution in [1.29, 1.82) is 0 Å². The zero-order valence-electron chi connectivity index (χ0n) is 17.2. The molecule has 4 rings (SSSR count). The molecule has 0 radical (unpaired) electrons. The smallest absolute Gasteiger partial charge is 0.256 e. The van der Waals surface area contributed by atoms with Crippen LogP contribution >= 0.6 is 0 Å². The molecule has 8 heteroatoms. The topological polar surface area (TPSA) is 103 Å². The van der Waals surface area contributed by atoms with Gasteiger partial charge in [0.05, 0.1) is 19.1 Å². The molecular formula is C22H25N3O5. The van der Waals surface area contributed by atoms with Gasteiger partial charge in [-0.25, -0.2) is 0 Å². The standard InChI is InChI=1S/C22H25N3O5/c1-4-29-17-11-10-14(12-18(17)30-5-2)19-13(3)24-22(20(19)25(27)28)15-8-6-7-9-16(15)23-21(22)26/h6-13,19-20,24H,4-5H2,1-3H3,(H,23,26)/t13-,19-,20-,22+/m0/s1. The fourth-order valence-corrected chi connectivity index (χ4v) is 4.83. The normalized spacial score (nSPS) is 27.0. The molecule has 0 aliphatic carbocycles. The predicted molar refractivity (Wildman–Crippen MR) is 112 cm³/mol. The number of carbonyl (C=O) groups is 1. The summed E-state index contributed by atoms with van der Waals surface area (Å²) in [5.41, 5.74) is 0.533. The molecule has 2 heterocycles. The molecule has 2 aromatic carbocycles. The van der Waals surface area contributed by atoms with Gasteiger partial charge in [-0.1, -0.05) is 24.3 Å². The van der Waals surface area contributed by atoms with Crippen molar-refractivity contribution >= 4 is 11.6 Å². The van der Waals surface area contributed by atoms with Crippen LogP contribution < -0.4 is 20.1 Å². The first-order valence-corrected chi connectivity index (χ1v) is 10.2. The molecule has 158 valence electrons. The second-order valence-electron chi connectivity index (χ2n) is 7.57. The summed E-state index contributed by atoms with van der Waals surface area (Å²) in [6, 6.07) is 11.0. The van der Waals surface area contributed by atoms with E-state index in [1.807, 2.05) is 26.8 Å². The highest BCUT2D eigenvalue weighted by molar-refractivity contribution is 6.07. The van der Waals surface area contributed by atoms with Gasteiger partial charge in [0.15, 0.2) is 17.0 Å². The second kappa shape index (κ2) is 7.60. The Morgan fingerprint density at radius 1 is 1.10 bits per heavy atom. The summed E-state index contributed by atoms with van der Waals surface area (Å²) in [6.45, 7) is 6.56. The van der Waals surface area contributed by atoms with Crippen molar-refractivity contribution in [2.75, 3.05) is 18.5 Å². The summed E-state index contributed by atoms with van der Waals surface area (Å²) in [4.78, 5) is 25.1. The van der Waals surface area contributed by atoms with E-state index in [-0.39, 0.29) is 11.0 Å². The Morgan fingerprint density at radius 2 is 1.80 bits per heavy atom. The van der Waals surface area contributed by atoms with Gasteiger partial charge in [0.25, 0.3) is 11.9 Å². The molecule has 0 saturated carbocycles. The van der Waals surface area contributed by atoms with Gasteiger partial charge in [-0.2, -0.15) is 0 Å². The zero-order chi connectivity index (χ0) is 21.5. The van der Waals surface area contributed by atoms with E-state index in [0.29, 0.717) is 36.0 Å². The Balaban J connectivity index is 1.83. The number of para-hydroxylation sites is 1. The molecule has 4 atom stereocenters. The van der Waals surface area contributed by atoms with Crippen molar-refractivity contribution in [3.8, 4) is 11.5 Å². The minimum absolute atomic E-state index is 0.315. The van der Waals surface area contributed by atoms with Crippen molar-refractivity contribution in [3.05, 3.63) is 63.7 Å². The number of ether oxygens (including phenoxy) is 2. The Morgan fingerprint density at radius 3 is 2.50 bits per heavy atom. The van der Waals surface area contributed by atoms with Crippen LogP contribution in [0, 0.1) is 10.1 Å². The predicted octanol–water partition coefficient (Wildman–Crippen LogP) is 3.05. The van der Waals surface area contributed by atoms with Crippen LogP contribution in [0.5, 0.6) is 11.5 Å². The molecule has 1 spiro atoms. The zero-order valence-corrected chi connectivity index (χ0v) is 17.2. The molecule has 2 aliphatic heterocycles. The Bertz CT molecular complexity index is 994. The summed E-state index contributed by atoms with van der Waals surface area (Å²) in [5, 5.41) is 18.5. The first-order chi connectivity index (χ1) is 14.4. The Labute approximate surface area is 174 Å². The van der Waals surface area contributed by atoms with Gasteiger partial charge in [0.1, 0.15) is 0 Å². The minimum atomic E-state index is -1.42. The van der Waals surface area contributed by atoms with Crippen LogP contribution in [0.15, 0.2) is 42.5 Å². The van der Waals surface area contributed by atoms with Gasteiger partial charge in [0, 0.05) is 22.2 Å². The third-order valence-corrected chi connectivity index (χ3v) is 5.92. The highest BCUT2D eigenvalue weighted by Crippen LogP contribution is 2.50. The number of amides is 1. The van der Waals surface area contributed by atoms with Gasteiger partial charge in [-0.05, 0) is 44.5 Å². The number of nitrogens with one attached hydrogen (secondary N) is 2. The number of nitrogens with zero attached hydrogens (tertiary/aromatic N) is 1. The maximum absolute atomic E-state index is 13.1. The summed E-state index contributed by atoms with van der Waals surface area (Å²) in [6.07, 6.45) is 0. The van der Waals surface area contributed by atoms with E-state index in [0.717, 1.165) is 5.56 Å². The van der Waals surface area contributed by atoms with Gasteiger partial charge in [-0.15, -0.1) is 0 Å². The first-order valence-electron chi connectivity index (χ1n) is 10.2. The van der Waals surface area contributed by atoms with Crippen LogP contribution in [0.4, 0.5) is 5.69 Å². The quantitative estimate of drug-likeness (QED) is 0.559. The molecule has 0 unspecified atom stereocenters. The van der Waals surface area contributed by atoms with Gasteiger partial charge < -0.3 is 14.8 Å². The van der Waals surface area contributed by atoms with Gasteiger partial charge in [-0.3, -0.25) is 20.2 Å².